The Morgan fingerprint density at radius 2 is 1.89 bits per heavy atom. The second-order valence-corrected chi connectivity index (χ2v) is 14.4. The van der Waals surface area contributed by atoms with Crippen molar-refractivity contribution in [2.75, 3.05) is 18.7 Å². The number of benzene rings is 1. The largest absolute Gasteiger partial charge is 0.465 e. The van der Waals surface area contributed by atoms with Crippen molar-refractivity contribution in [1.82, 2.24) is 0 Å². The molecule has 28 heavy (non-hydrogen) atoms. The smallest absolute Gasteiger partial charge is 0.338 e. The van der Waals surface area contributed by atoms with Crippen LogP contribution >= 0.6 is 15.9 Å². The minimum atomic E-state index is -2.14. The predicted molar refractivity (Wildman–Crippen MR) is 113 cm³/mol. The Morgan fingerprint density at radius 3 is 2.39 bits per heavy atom. The summed E-state index contributed by atoms with van der Waals surface area (Å²) in [5, 5.41) is -0.0332. The van der Waals surface area contributed by atoms with Gasteiger partial charge in [0, 0.05) is 6.42 Å². The van der Waals surface area contributed by atoms with E-state index in [-0.39, 0.29) is 33.4 Å². The maximum Gasteiger partial charge on any atom is 0.338 e. The molecule has 0 saturated heterocycles. The van der Waals surface area contributed by atoms with Gasteiger partial charge in [-0.3, -0.25) is 9.69 Å². The molecule has 1 aromatic rings. The average Bonchev–Trinajstić information content (AvgIpc) is 3.40. The van der Waals surface area contributed by atoms with Crippen LogP contribution in [0.4, 0.5) is 10.1 Å². The molecular weight excluding hydrogens is 445 g/mol. The molecule has 0 aromatic heterocycles. The molecule has 0 atom stereocenters. The summed E-state index contributed by atoms with van der Waals surface area (Å²) in [6.45, 7) is 10.5. The minimum absolute atomic E-state index is 0.0186. The highest BCUT2D eigenvalue weighted by Gasteiger charge is 2.38. The van der Waals surface area contributed by atoms with Gasteiger partial charge >= 0.3 is 5.97 Å². The first-order valence-electron chi connectivity index (χ1n) is 9.39. The number of ether oxygens (including phenoxy) is 1. The molecule has 1 fully saturated rings. The average molecular weight is 474 g/mol. The van der Waals surface area contributed by atoms with E-state index < -0.39 is 20.1 Å². The van der Waals surface area contributed by atoms with E-state index in [4.69, 9.17) is 9.16 Å². The van der Waals surface area contributed by atoms with Crippen LogP contribution in [0.15, 0.2) is 16.6 Å². The molecule has 8 heteroatoms. The van der Waals surface area contributed by atoms with E-state index in [0.717, 1.165) is 18.9 Å². The third-order valence-electron chi connectivity index (χ3n) is 5.54. The quantitative estimate of drug-likeness (QED) is 0.298. The summed E-state index contributed by atoms with van der Waals surface area (Å²) in [5.41, 5.74) is 0.333. The standard InChI is InChI=1S/C20H29BrFNO4Si/c1-20(2,3)28(5,6)27-12-23(17(24)9-13-7-8-13)16-11-14(19(25)26-4)10-15(22)18(16)21/h10-11,13H,7-9,12H2,1-6H3. The number of carbonyl (C=O) groups excluding carboxylic acids is 2. The van der Waals surface area contributed by atoms with Crippen molar-refractivity contribution >= 4 is 41.8 Å². The lowest BCUT2D eigenvalue weighted by Gasteiger charge is -2.38. The van der Waals surface area contributed by atoms with Crippen molar-refractivity contribution < 1.29 is 23.1 Å². The molecule has 1 amide bonds. The fraction of sp³-hybridized carbons (Fsp3) is 0.600. The monoisotopic (exact) mass is 473 g/mol. The lowest BCUT2D eigenvalue weighted by atomic mass is 10.1. The fourth-order valence-corrected chi connectivity index (χ4v) is 3.73. The first-order valence-corrected chi connectivity index (χ1v) is 13.1. The van der Waals surface area contributed by atoms with E-state index in [9.17, 15) is 14.0 Å². The van der Waals surface area contributed by atoms with Crippen LogP contribution in [0, 0.1) is 11.7 Å². The van der Waals surface area contributed by atoms with Gasteiger partial charge in [-0.1, -0.05) is 20.8 Å². The lowest BCUT2D eigenvalue weighted by Crippen LogP contribution is -2.45. The number of nitrogens with zero attached hydrogens (tertiary/aromatic N) is 1. The third kappa shape index (κ3) is 5.42. The topological polar surface area (TPSA) is 55.8 Å². The van der Waals surface area contributed by atoms with Crippen molar-refractivity contribution in [1.29, 1.82) is 0 Å². The second kappa shape index (κ2) is 8.63. The first-order chi connectivity index (χ1) is 12.9. The summed E-state index contributed by atoms with van der Waals surface area (Å²) < 4.78 is 25.6. The van der Waals surface area contributed by atoms with Gasteiger partial charge in [-0.2, -0.15) is 0 Å². The Hall–Kier alpha value is -1.25. The van der Waals surface area contributed by atoms with Crippen molar-refractivity contribution in [3.05, 3.63) is 28.0 Å². The van der Waals surface area contributed by atoms with Gasteiger partial charge in [0.1, 0.15) is 12.5 Å². The fourth-order valence-electron chi connectivity index (χ4n) is 2.40. The number of methoxy groups -OCH3 is 1. The second-order valence-electron chi connectivity index (χ2n) is 8.79. The van der Waals surface area contributed by atoms with E-state index in [1.54, 1.807) is 0 Å². The Kier molecular flexibility index (Phi) is 7.10. The van der Waals surface area contributed by atoms with Gasteiger partial charge in [-0.05, 0) is 65.0 Å². The predicted octanol–water partition coefficient (Wildman–Crippen LogP) is 5.49. The van der Waals surface area contributed by atoms with Gasteiger partial charge in [-0.15, -0.1) is 0 Å². The minimum Gasteiger partial charge on any atom is -0.465 e. The molecule has 0 heterocycles. The Labute approximate surface area is 175 Å². The molecule has 2 rings (SSSR count). The maximum atomic E-state index is 14.5. The van der Waals surface area contributed by atoms with Crippen LogP contribution in [-0.2, 0) is 14.0 Å². The lowest BCUT2D eigenvalue weighted by molar-refractivity contribution is -0.119. The molecule has 0 unspecified atom stereocenters. The summed E-state index contributed by atoms with van der Waals surface area (Å²) in [5.74, 6) is -1.05. The molecule has 156 valence electrons. The highest BCUT2D eigenvalue weighted by molar-refractivity contribution is 9.10. The number of amides is 1. The number of hydrogen-bond acceptors (Lipinski definition) is 4. The van der Waals surface area contributed by atoms with Gasteiger partial charge in [0.05, 0.1) is 22.8 Å². The van der Waals surface area contributed by atoms with Gasteiger partial charge < -0.3 is 9.16 Å². The number of carbonyl (C=O) groups is 2. The third-order valence-corrected chi connectivity index (χ3v) is 10.8. The summed E-state index contributed by atoms with van der Waals surface area (Å²) in [4.78, 5) is 26.3. The van der Waals surface area contributed by atoms with Crippen LogP contribution in [0.25, 0.3) is 0 Å². The zero-order valence-corrected chi connectivity index (χ0v) is 20.0. The summed E-state index contributed by atoms with van der Waals surface area (Å²) >= 11 is 3.23. The zero-order chi connectivity index (χ0) is 21.3. The molecule has 0 aliphatic heterocycles. The molecule has 0 spiro atoms. The van der Waals surface area contributed by atoms with E-state index in [2.05, 4.69) is 49.8 Å². The Bertz CT molecular complexity index is 759. The molecule has 0 N–H and O–H groups in total. The highest BCUT2D eigenvalue weighted by Crippen LogP contribution is 2.39. The van der Waals surface area contributed by atoms with Gasteiger partial charge in [0.2, 0.25) is 5.91 Å². The van der Waals surface area contributed by atoms with Gasteiger partial charge in [0.15, 0.2) is 8.32 Å². The number of hydrogen-bond donors (Lipinski definition) is 0. The SMILES string of the molecule is COC(=O)c1cc(F)c(Br)c(N(CO[Si](C)(C)C(C)(C)C)C(=O)CC2CC2)c1. The maximum absolute atomic E-state index is 14.5. The molecular formula is C20H29BrFNO4Si. The van der Waals surface area contributed by atoms with E-state index in [1.807, 2.05) is 0 Å². The van der Waals surface area contributed by atoms with Gasteiger partial charge in [0.25, 0.3) is 0 Å². The molecule has 1 aromatic carbocycles. The number of rotatable bonds is 7. The van der Waals surface area contributed by atoms with Crippen LogP contribution in [0.5, 0.6) is 0 Å². The molecule has 5 nitrogen and oxygen atoms in total. The molecule has 1 aliphatic carbocycles. The molecule has 1 saturated carbocycles. The van der Waals surface area contributed by atoms with Gasteiger partial charge in [-0.25, -0.2) is 9.18 Å². The number of anilines is 1. The first kappa shape index (κ1) is 23.0. The van der Waals surface area contributed by atoms with E-state index in [1.165, 1.54) is 18.1 Å². The Balaban J connectivity index is 2.39. The Morgan fingerprint density at radius 1 is 1.29 bits per heavy atom. The summed E-state index contributed by atoms with van der Waals surface area (Å²) in [6, 6.07) is 2.57. The molecule has 0 bridgehead atoms. The van der Waals surface area contributed by atoms with Crippen molar-refractivity contribution in [3.8, 4) is 0 Å². The normalized spacial score (nSPS) is 14.7. The van der Waals surface area contributed by atoms with Crippen LogP contribution in [0.1, 0.15) is 50.4 Å². The zero-order valence-electron chi connectivity index (χ0n) is 17.4. The highest BCUT2D eigenvalue weighted by atomic mass is 79.9. The van der Waals surface area contributed by atoms with Crippen LogP contribution in [0.3, 0.4) is 0 Å². The van der Waals surface area contributed by atoms with E-state index >= 15 is 0 Å². The van der Waals surface area contributed by atoms with Crippen LogP contribution in [-0.4, -0.2) is 34.0 Å². The molecule has 1 aliphatic rings. The summed E-state index contributed by atoms with van der Waals surface area (Å²) in [6.07, 6.45) is 2.44. The van der Waals surface area contributed by atoms with Crippen LogP contribution in [0.2, 0.25) is 18.1 Å². The van der Waals surface area contributed by atoms with E-state index in [0.29, 0.717) is 12.3 Å². The molecule has 0 radical (unpaired) electrons. The number of halogens is 2. The summed E-state index contributed by atoms with van der Waals surface area (Å²) in [7, 11) is -0.904. The van der Waals surface area contributed by atoms with Crippen LogP contribution < -0.4 is 4.90 Å². The van der Waals surface area contributed by atoms with Crippen molar-refractivity contribution in [3.63, 3.8) is 0 Å². The number of esters is 1. The van der Waals surface area contributed by atoms with Crippen molar-refractivity contribution in [2.45, 2.75) is 58.2 Å². The van der Waals surface area contributed by atoms with Crippen molar-refractivity contribution in [2.24, 2.45) is 5.92 Å².